The van der Waals surface area contributed by atoms with Gasteiger partial charge in [-0.2, -0.15) is 0 Å². The van der Waals surface area contributed by atoms with Gasteiger partial charge in [-0.25, -0.2) is 4.39 Å². The molecule has 1 aliphatic rings. The molecule has 1 fully saturated rings. The zero-order chi connectivity index (χ0) is 9.42. The van der Waals surface area contributed by atoms with E-state index in [2.05, 4.69) is 0 Å². The lowest BCUT2D eigenvalue weighted by atomic mass is 10.0. The van der Waals surface area contributed by atoms with E-state index in [-0.39, 0.29) is 5.82 Å². The van der Waals surface area contributed by atoms with Crippen molar-refractivity contribution < 1.29 is 4.39 Å². The molecule has 2 rings (SSSR count). The molecular formula is C11H14FN. The van der Waals surface area contributed by atoms with Crippen molar-refractivity contribution in [2.75, 3.05) is 6.54 Å². The molecule has 0 aromatic heterocycles. The van der Waals surface area contributed by atoms with Crippen LogP contribution in [0.25, 0.3) is 0 Å². The van der Waals surface area contributed by atoms with Crippen molar-refractivity contribution in [1.29, 1.82) is 0 Å². The van der Waals surface area contributed by atoms with Gasteiger partial charge in [0, 0.05) is 0 Å². The van der Waals surface area contributed by atoms with Crippen molar-refractivity contribution in [3.63, 3.8) is 0 Å². The minimum absolute atomic E-state index is 0.147. The van der Waals surface area contributed by atoms with Gasteiger partial charge in [0.15, 0.2) is 0 Å². The molecule has 2 atom stereocenters. The molecule has 0 heterocycles. The molecule has 1 nitrogen and oxygen atoms in total. The first kappa shape index (κ1) is 8.70. The summed E-state index contributed by atoms with van der Waals surface area (Å²) in [4.78, 5) is 0. The van der Waals surface area contributed by atoms with E-state index >= 15 is 0 Å². The van der Waals surface area contributed by atoms with E-state index in [4.69, 9.17) is 5.73 Å². The van der Waals surface area contributed by atoms with Crippen LogP contribution in [0.1, 0.15) is 23.5 Å². The van der Waals surface area contributed by atoms with E-state index in [1.807, 2.05) is 13.0 Å². The SMILES string of the molecule is Cc1cc(F)ccc1[C@@H]1C[C@@H]1CN. The number of aryl methyl sites for hydroxylation is 1. The number of rotatable bonds is 2. The Balaban J connectivity index is 2.22. The van der Waals surface area contributed by atoms with Crippen LogP contribution < -0.4 is 5.73 Å². The molecule has 2 heteroatoms. The summed E-state index contributed by atoms with van der Waals surface area (Å²) in [5, 5.41) is 0. The van der Waals surface area contributed by atoms with E-state index in [1.165, 1.54) is 18.1 Å². The molecule has 70 valence electrons. The summed E-state index contributed by atoms with van der Waals surface area (Å²) in [6.07, 6.45) is 1.17. The van der Waals surface area contributed by atoms with Crippen LogP contribution in [0.4, 0.5) is 4.39 Å². The molecule has 2 N–H and O–H groups in total. The van der Waals surface area contributed by atoms with Gasteiger partial charge in [-0.15, -0.1) is 0 Å². The summed E-state index contributed by atoms with van der Waals surface area (Å²) >= 11 is 0. The van der Waals surface area contributed by atoms with Gasteiger partial charge in [-0.1, -0.05) is 6.07 Å². The Morgan fingerprint density at radius 3 is 2.85 bits per heavy atom. The maximum absolute atomic E-state index is 12.8. The van der Waals surface area contributed by atoms with Gasteiger partial charge in [0.1, 0.15) is 5.82 Å². The van der Waals surface area contributed by atoms with Crippen LogP contribution >= 0.6 is 0 Å². The van der Waals surface area contributed by atoms with Gasteiger partial charge < -0.3 is 5.73 Å². The molecule has 0 aliphatic heterocycles. The predicted molar refractivity (Wildman–Crippen MR) is 51.0 cm³/mol. The number of hydrogen-bond donors (Lipinski definition) is 1. The third-order valence-corrected chi connectivity index (χ3v) is 2.86. The summed E-state index contributed by atoms with van der Waals surface area (Å²) in [5.41, 5.74) is 7.90. The highest BCUT2D eigenvalue weighted by Crippen LogP contribution is 2.47. The average molecular weight is 179 g/mol. The van der Waals surface area contributed by atoms with Crippen molar-refractivity contribution in [1.82, 2.24) is 0 Å². The molecule has 1 saturated carbocycles. The molecule has 0 bridgehead atoms. The zero-order valence-electron chi connectivity index (χ0n) is 7.76. The van der Waals surface area contributed by atoms with Crippen LogP contribution in [0, 0.1) is 18.7 Å². The van der Waals surface area contributed by atoms with Crippen molar-refractivity contribution in [2.45, 2.75) is 19.3 Å². The molecule has 0 saturated heterocycles. The highest BCUT2D eigenvalue weighted by molar-refractivity contribution is 5.34. The van der Waals surface area contributed by atoms with Gasteiger partial charge in [0.05, 0.1) is 0 Å². The van der Waals surface area contributed by atoms with Gasteiger partial charge in [-0.3, -0.25) is 0 Å². The molecule has 0 unspecified atom stereocenters. The smallest absolute Gasteiger partial charge is 0.123 e. The zero-order valence-corrected chi connectivity index (χ0v) is 7.76. The van der Waals surface area contributed by atoms with Crippen LogP contribution in [0.3, 0.4) is 0 Å². The second kappa shape index (κ2) is 3.11. The Labute approximate surface area is 77.8 Å². The minimum Gasteiger partial charge on any atom is -0.330 e. The molecule has 13 heavy (non-hydrogen) atoms. The lowest BCUT2D eigenvalue weighted by Crippen LogP contribution is -2.02. The number of benzene rings is 1. The fraction of sp³-hybridized carbons (Fsp3) is 0.455. The van der Waals surface area contributed by atoms with E-state index < -0.39 is 0 Å². The first-order chi connectivity index (χ1) is 6.22. The Hall–Kier alpha value is -0.890. The highest BCUT2D eigenvalue weighted by Gasteiger charge is 2.37. The van der Waals surface area contributed by atoms with Crippen LogP contribution in [-0.2, 0) is 0 Å². The van der Waals surface area contributed by atoms with Crippen molar-refractivity contribution >= 4 is 0 Å². The fourth-order valence-electron chi connectivity index (χ4n) is 1.94. The van der Waals surface area contributed by atoms with Crippen LogP contribution in [0.5, 0.6) is 0 Å². The number of hydrogen-bond acceptors (Lipinski definition) is 1. The molecule has 0 amide bonds. The van der Waals surface area contributed by atoms with Gasteiger partial charge in [0.25, 0.3) is 0 Å². The maximum Gasteiger partial charge on any atom is 0.123 e. The van der Waals surface area contributed by atoms with E-state index in [1.54, 1.807) is 6.07 Å². The van der Waals surface area contributed by atoms with Crippen LogP contribution in [-0.4, -0.2) is 6.54 Å². The summed E-state index contributed by atoms with van der Waals surface area (Å²) in [6.45, 7) is 2.71. The first-order valence-electron chi connectivity index (χ1n) is 4.68. The topological polar surface area (TPSA) is 26.0 Å². The maximum atomic E-state index is 12.8. The van der Waals surface area contributed by atoms with Gasteiger partial charge in [-0.05, 0) is 55.0 Å². The molecule has 1 aliphatic carbocycles. The molecular weight excluding hydrogens is 165 g/mol. The lowest BCUT2D eigenvalue weighted by molar-refractivity contribution is 0.625. The molecule has 0 radical (unpaired) electrons. The van der Waals surface area contributed by atoms with Crippen LogP contribution in [0.15, 0.2) is 18.2 Å². The molecule has 0 spiro atoms. The van der Waals surface area contributed by atoms with Crippen LogP contribution in [0.2, 0.25) is 0 Å². The number of nitrogens with two attached hydrogens (primary N) is 1. The van der Waals surface area contributed by atoms with E-state index in [0.29, 0.717) is 11.8 Å². The first-order valence-corrected chi connectivity index (χ1v) is 4.68. The van der Waals surface area contributed by atoms with Crippen molar-refractivity contribution in [3.8, 4) is 0 Å². The predicted octanol–water partition coefficient (Wildman–Crippen LogP) is 2.20. The largest absolute Gasteiger partial charge is 0.330 e. The average Bonchev–Trinajstić information content (AvgIpc) is 2.83. The normalized spacial score (nSPS) is 26.1. The van der Waals surface area contributed by atoms with E-state index in [9.17, 15) is 4.39 Å². The lowest BCUT2D eigenvalue weighted by Gasteiger charge is -2.04. The van der Waals surface area contributed by atoms with Gasteiger partial charge in [0.2, 0.25) is 0 Å². The third-order valence-electron chi connectivity index (χ3n) is 2.86. The highest BCUT2D eigenvalue weighted by atomic mass is 19.1. The number of halogens is 1. The van der Waals surface area contributed by atoms with Crippen molar-refractivity contribution in [3.05, 3.63) is 35.1 Å². The summed E-state index contributed by atoms with van der Waals surface area (Å²) in [7, 11) is 0. The minimum atomic E-state index is -0.147. The summed E-state index contributed by atoms with van der Waals surface area (Å²) < 4.78 is 12.8. The quantitative estimate of drug-likeness (QED) is 0.740. The molecule has 1 aromatic rings. The summed E-state index contributed by atoms with van der Waals surface area (Å²) in [5.74, 6) is 1.07. The Morgan fingerprint density at radius 2 is 2.31 bits per heavy atom. The second-order valence-electron chi connectivity index (χ2n) is 3.84. The molecule has 1 aromatic carbocycles. The Kier molecular flexibility index (Phi) is 2.08. The second-order valence-corrected chi connectivity index (χ2v) is 3.84. The third kappa shape index (κ3) is 1.59. The van der Waals surface area contributed by atoms with Crippen molar-refractivity contribution in [2.24, 2.45) is 11.7 Å². The Bertz CT molecular complexity index is 322. The fourth-order valence-corrected chi connectivity index (χ4v) is 1.94. The van der Waals surface area contributed by atoms with E-state index in [0.717, 1.165) is 12.1 Å². The Morgan fingerprint density at radius 1 is 1.54 bits per heavy atom. The summed E-state index contributed by atoms with van der Waals surface area (Å²) in [6, 6.07) is 5.03. The monoisotopic (exact) mass is 179 g/mol. The van der Waals surface area contributed by atoms with Gasteiger partial charge >= 0.3 is 0 Å². The standard InChI is InChI=1S/C11H14FN/c1-7-4-9(12)2-3-10(7)11-5-8(11)6-13/h2-4,8,11H,5-6,13H2,1H3/t8-,11-/m1/s1.